The lowest BCUT2D eigenvalue weighted by molar-refractivity contribution is -0.115. The van der Waals surface area contributed by atoms with Crippen LogP contribution in [0.2, 0.25) is 0 Å². The van der Waals surface area contributed by atoms with E-state index in [1.165, 1.54) is 12.1 Å². The standard InChI is InChI=1S/C9H8Br2FNO/c10-4-3-9(14)13-8-2-1-6(11)5-7(8)12/h1-2,5H,3-4H2,(H,13,14). The Morgan fingerprint density at radius 2 is 2.21 bits per heavy atom. The zero-order valence-electron chi connectivity index (χ0n) is 7.19. The Kier molecular flexibility index (Phi) is 4.54. The maximum absolute atomic E-state index is 13.2. The summed E-state index contributed by atoms with van der Waals surface area (Å²) in [6.45, 7) is 0. The summed E-state index contributed by atoms with van der Waals surface area (Å²) in [5, 5.41) is 3.04. The third-order valence-electron chi connectivity index (χ3n) is 1.53. The van der Waals surface area contributed by atoms with Gasteiger partial charge in [0.05, 0.1) is 5.69 Å². The Labute approximate surface area is 98.1 Å². The number of carbonyl (C=O) groups excluding carboxylic acids is 1. The molecule has 0 aliphatic heterocycles. The van der Waals surface area contributed by atoms with Crippen LogP contribution in [0.25, 0.3) is 0 Å². The molecule has 5 heteroatoms. The van der Waals surface area contributed by atoms with Crippen molar-refractivity contribution >= 4 is 43.5 Å². The fourth-order valence-electron chi connectivity index (χ4n) is 0.889. The van der Waals surface area contributed by atoms with Crippen molar-refractivity contribution in [1.82, 2.24) is 0 Å². The van der Waals surface area contributed by atoms with E-state index in [-0.39, 0.29) is 11.6 Å². The van der Waals surface area contributed by atoms with Gasteiger partial charge in [-0.2, -0.15) is 0 Å². The summed E-state index contributed by atoms with van der Waals surface area (Å²) < 4.78 is 13.8. The minimum Gasteiger partial charge on any atom is -0.324 e. The predicted molar refractivity (Wildman–Crippen MR) is 61.1 cm³/mol. The highest BCUT2D eigenvalue weighted by molar-refractivity contribution is 9.10. The van der Waals surface area contributed by atoms with Crippen LogP contribution in [0.3, 0.4) is 0 Å². The number of halogens is 3. The summed E-state index contributed by atoms with van der Waals surface area (Å²) in [6, 6.07) is 4.50. The quantitative estimate of drug-likeness (QED) is 0.849. The van der Waals surface area contributed by atoms with Crippen LogP contribution in [-0.4, -0.2) is 11.2 Å². The van der Waals surface area contributed by atoms with E-state index in [1.807, 2.05) is 0 Å². The molecule has 0 unspecified atom stereocenters. The number of hydrogen-bond acceptors (Lipinski definition) is 1. The van der Waals surface area contributed by atoms with Gasteiger partial charge in [-0.05, 0) is 18.2 Å². The van der Waals surface area contributed by atoms with Crippen molar-refractivity contribution < 1.29 is 9.18 Å². The van der Waals surface area contributed by atoms with Crippen molar-refractivity contribution in [1.29, 1.82) is 0 Å². The molecule has 0 aromatic heterocycles. The molecule has 14 heavy (non-hydrogen) atoms. The minimum atomic E-state index is -0.442. The second-order valence-corrected chi connectivity index (χ2v) is 4.32. The molecule has 0 spiro atoms. The van der Waals surface area contributed by atoms with Crippen LogP contribution >= 0.6 is 31.9 Å². The third-order valence-corrected chi connectivity index (χ3v) is 2.42. The average molecular weight is 325 g/mol. The molecule has 0 bridgehead atoms. The highest BCUT2D eigenvalue weighted by atomic mass is 79.9. The van der Waals surface area contributed by atoms with Gasteiger partial charge >= 0.3 is 0 Å². The van der Waals surface area contributed by atoms with E-state index < -0.39 is 5.82 Å². The molecule has 0 atom stereocenters. The molecular formula is C9H8Br2FNO. The molecule has 76 valence electrons. The highest BCUT2D eigenvalue weighted by Crippen LogP contribution is 2.19. The maximum Gasteiger partial charge on any atom is 0.225 e. The molecule has 1 N–H and O–H groups in total. The first-order valence-electron chi connectivity index (χ1n) is 3.94. The predicted octanol–water partition coefficient (Wildman–Crippen LogP) is 3.31. The van der Waals surface area contributed by atoms with Gasteiger partial charge in [-0.15, -0.1) is 0 Å². The van der Waals surface area contributed by atoms with E-state index in [1.54, 1.807) is 6.07 Å². The Balaban J connectivity index is 2.72. The van der Waals surface area contributed by atoms with Gasteiger partial charge < -0.3 is 5.32 Å². The summed E-state index contributed by atoms with van der Waals surface area (Å²) in [7, 11) is 0. The lowest BCUT2D eigenvalue weighted by Gasteiger charge is -2.05. The molecule has 2 nitrogen and oxygen atoms in total. The molecule has 0 saturated carbocycles. The first-order chi connectivity index (χ1) is 6.63. The second kappa shape index (κ2) is 5.46. The van der Waals surface area contributed by atoms with E-state index in [9.17, 15) is 9.18 Å². The molecule has 1 aromatic carbocycles. The van der Waals surface area contributed by atoms with Crippen molar-refractivity contribution in [3.8, 4) is 0 Å². The van der Waals surface area contributed by atoms with Crippen LogP contribution in [0.5, 0.6) is 0 Å². The summed E-state index contributed by atoms with van der Waals surface area (Å²) in [4.78, 5) is 11.1. The summed E-state index contributed by atoms with van der Waals surface area (Å²) in [5.74, 6) is -0.648. The number of benzene rings is 1. The molecule has 0 saturated heterocycles. The number of anilines is 1. The maximum atomic E-state index is 13.2. The van der Waals surface area contributed by atoms with Crippen LogP contribution in [0.1, 0.15) is 6.42 Å². The minimum absolute atomic E-state index is 0.205. The number of alkyl halides is 1. The van der Waals surface area contributed by atoms with E-state index in [2.05, 4.69) is 37.2 Å². The van der Waals surface area contributed by atoms with Gasteiger partial charge in [0, 0.05) is 16.2 Å². The van der Waals surface area contributed by atoms with E-state index in [0.29, 0.717) is 16.2 Å². The average Bonchev–Trinajstić information content (AvgIpc) is 2.10. The summed E-state index contributed by atoms with van der Waals surface area (Å²) in [5.41, 5.74) is 0.208. The largest absolute Gasteiger partial charge is 0.324 e. The fraction of sp³-hybridized carbons (Fsp3) is 0.222. The normalized spacial score (nSPS) is 9.93. The molecule has 1 amide bonds. The van der Waals surface area contributed by atoms with Crippen molar-refractivity contribution in [3.05, 3.63) is 28.5 Å². The first-order valence-corrected chi connectivity index (χ1v) is 5.86. The van der Waals surface area contributed by atoms with Crippen LogP contribution in [0.15, 0.2) is 22.7 Å². The lowest BCUT2D eigenvalue weighted by atomic mass is 10.3. The van der Waals surface area contributed by atoms with Gasteiger partial charge in [0.2, 0.25) is 5.91 Å². The van der Waals surface area contributed by atoms with Gasteiger partial charge in [0.15, 0.2) is 0 Å². The number of carbonyl (C=O) groups is 1. The molecule has 0 fully saturated rings. The van der Waals surface area contributed by atoms with E-state index in [0.717, 1.165) is 0 Å². The van der Waals surface area contributed by atoms with Crippen molar-refractivity contribution in [2.45, 2.75) is 6.42 Å². The van der Waals surface area contributed by atoms with Crippen molar-refractivity contribution in [2.24, 2.45) is 0 Å². The molecular weight excluding hydrogens is 317 g/mol. The zero-order valence-corrected chi connectivity index (χ0v) is 10.4. The third kappa shape index (κ3) is 3.38. The number of rotatable bonds is 3. The number of nitrogens with one attached hydrogen (secondary N) is 1. The second-order valence-electron chi connectivity index (χ2n) is 2.61. The van der Waals surface area contributed by atoms with Gasteiger partial charge in [0.1, 0.15) is 5.82 Å². The monoisotopic (exact) mass is 323 g/mol. The lowest BCUT2D eigenvalue weighted by Crippen LogP contribution is -2.12. The van der Waals surface area contributed by atoms with Crippen LogP contribution in [0, 0.1) is 5.82 Å². The van der Waals surface area contributed by atoms with Crippen LogP contribution in [-0.2, 0) is 4.79 Å². The first kappa shape index (κ1) is 11.7. The molecule has 0 heterocycles. The Bertz CT molecular complexity index is 344. The number of hydrogen-bond donors (Lipinski definition) is 1. The van der Waals surface area contributed by atoms with Crippen LogP contribution < -0.4 is 5.32 Å². The van der Waals surface area contributed by atoms with Crippen molar-refractivity contribution in [3.63, 3.8) is 0 Å². The SMILES string of the molecule is O=C(CCBr)Nc1ccc(Br)cc1F. The Morgan fingerprint density at radius 1 is 1.50 bits per heavy atom. The van der Waals surface area contributed by atoms with Gasteiger partial charge in [0.25, 0.3) is 0 Å². The molecule has 0 radical (unpaired) electrons. The zero-order chi connectivity index (χ0) is 10.6. The molecule has 1 aromatic rings. The Hall–Kier alpha value is -0.420. The van der Waals surface area contributed by atoms with Gasteiger partial charge in [-0.25, -0.2) is 4.39 Å². The fourth-order valence-corrected chi connectivity index (χ4v) is 1.58. The summed E-state index contributed by atoms with van der Waals surface area (Å²) >= 11 is 6.26. The van der Waals surface area contributed by atoms with Gasteiger partial charge in [-0.1, -0.05) is 31.9 Å². The van der Waals surface area contributed by atoms with Crippen LogP contribution in [0.4, 0.5) is 10.1 Å². The number of amides is 1. The topological polar surface area (TPSA) is 29.1 Å². The molecule has 0 aliphatic rings. The van der Waals surface area contributed by atoms with Gasteiger partial charge in [-0.3, -0.25) is 4.79 Å². The van der Waals surface area contributed by atoms with E-state index >= 15 is 0 Å². The summed E-state index contributed by atoms with van der Waals surface area (Å²) in [6.07, 6.45) is 0.329. The highest BCUT2D eigenvalue weighted by Gasteiger charge is 2.06. The Morgan fingerprint density at radius 3 is 2.79 bits per heavy atom. The molecule has 0 aliphatic carbocycles. The van der Waals surface area contributed by atoms with Crippen molar-refractivity contribution in [2.75, 3.05) is 10.6 Å². The smallest absolute Gasteiger partial charge is 0.225 e. The van der Waals surface area contributed by atoms with E-state index in [4.69, 9.17) is 0 Å². The molecule has 1 rings (SSSR count).